The van der Waals surface area contributed by atoms with Gasteiger partial charge in [0.25, 0.3) is 0 Å². The summed E-state index contributed by atoms with van der Waals surface area (Å²) in [5, 5.41) is 10.7. The van der Waals surface area contributed by atoms with Crippen molar-refractivity contribution >= 4 is 5.97 Å². The predicted octanol–water partition coefficient (Wildman–Crippen LogP) is 0.537. The summed E-state index contributed by atoms with van der Waals surface area (Å²) in [5.41, 5.74) is 0. The third-order valence-electron chi connectivity index (χ3n) is 3.22. The molecule has 0 unspecified atom stereocenters. The van der Waals surface area contributed by atoms with Crippen LogP contribution < -0.4 is 5.11 Å². The van der Waals surface area contributed by atoms with Crippen molar-refractivity contribution < 1.29 is 14.4 Å². The molecule has 0 aromatic carbocycles. The molecule has 0 atom stereocenters. The Morgan fingerprint density at radius 2 is 1.93 bits per heavy atom. The second-order valence-electron chi connectivity index (χ2n) is 4.46. The van der Waals surface area contributed by atoms with Crippen LogP contribution in [-0.4, -0.2) is 36.6 Å². The highest BCUT2D eigenvalue weighted by Gasteiger charge is 2.28. The fraction of sp³-hybridized carbons (Fsp3) is 0.909. The zero-order chi connectivity index (χ0) is 10.4. The van der Waals surface area contributed by atoms with Crippen LogP contribution in [0.3, 0.4) is 0 Å². The molecule has 0 radical (unpaired) electrons. The molecule has 82 valence electrons. The SMILES string of the molecule is CCCC[N+]1(CC(=O)[O-])CCCCC1. The number of aliphatic carboxylic acids is 1. The fourth-order valence-electron chi connectivity index (χ4n) is 2.41. The third kappa shape index (κ3) is 3.29. The first kappa shape index (κ1) is 11.5. The van der Waals surface area contributed by atoms with Gasteiger partial charge in [-0.15, -0.1) is 0 Å². The van der Waals surface area contributed by atoms with Gasteiger partial charge in [-0.05, 0) is 25.7 Å². The molecule has 0 spiro atoms. The number of likely N-dealkylation sites (tertiary alicyclic amines) is 1. The third-order valence-corrected chi connectivity index (χ3v) is 3.22. The number of carboxylic acids is 1. The summed E-state index contributed by atoms with van der Waals surface area (Å²) in [5.74, 6) is -0.886. The molecule has 3 heteroatoms. The molecule has 0 aromatic heterocycles. The van der Waals surface area contributed by atoms with E-state index in [1.165, 1.54) is 19.3 Å². The monoisotopic (exact) mass is 199 g/mol. The van der Waals surface area contributed by atoms with Gasteiger partial charge in [0.2, 0.25) is 0 Å². The Hall–Kier alpha value is -0.570. The maximum atomic E-state index is 10.7. The molecule has 0 N–H and O–H groups in total. The van der Waals surface area contributed by atoms with Crippen molar-refractivity contribution in [3.05, 3.63) is 0 Å². The van der Waals surface area contributed by atoms with Crippen molar-refractivity contribution in [1.82, 2.24) is 0 Å². The van der Waals surface area contributed by atoms with Crippen molar-refractivity contribution in [3.8, 4) is 0 Å². The van der Waals surface area contributed by atoms with Crippen LogP contribution in [0.5, 0.6) is 0 Å². The highest BCUT2D eigenvalue weighted by molar-refractivity contribution is 5.65. The first-order valence-electron chi connectivity index (χ1n) is 5.73. The summed E-state index contributed by atoms with van der Waals surface area (Å²) in [6.45, 7) is 5.46. The number of carbonyl (C=O) groups excluding carboxylic acids is 1. The highest BCUT2D eigenvalue weighted by atomic mass is 16.4. The molecular formula is C11H21NO2. The molecule has 1 aliphatic heterocycles. The summed E-state index contributed by atoms with van der Waals surface area (Å²) in [6, 6.07) is 0. The summed E-state index contributed by atoms with van der Waals surface area (Å²) < 4.78 is 0.774. The van der Waals surface area contributed by atoms with E-state index in [-0.39, 0.29) is 6.54 Å². The lowest BCUT2D eigenvalue weighted by Crippen LogP contribution is -2.57. The zero-order valence-electron chi connectivity index (χ0n) is 9.13. The summed E-state index contributed by atoms with van der Waals surface area (Å²) in [4.78, 5) is 10.7. The van der Waals surface area contributed by atoms with E-state index in [4.69, 9.17) is 0 Å². The van der Waals surface area contributed by atoms with Gasteiger partial charge >= 0.3 is 0 Å². The number of rotatable bonds is 5. The Bertz CT molecular complexity index is 186. The van der Waals surface area contributed by atoms with Crippen LogP contribution in [0.1, 0.15) is 39.0 Å². The summed E-state index contributed by atoms with van der Waals surface area (Å²) in [6.07, 6.45) is 5.90. The fourth-order valence-corrected chi connectivity index (χ4v) is 2.41. The molecule has 0 aromatic rings. The number of quaternary nitrogens is 1. The lowest BCUT2D eigenvalue weighted by atomic mass is 10.1. The van der Waals surface area contributed by atoms with Crippen molar-refractivity contribution in [1.29, 1.82) is 0 Å². The number of hydrogen-bond donors (Lipinski definition) is 0. The topological polar surface area (TPSA) is 40.1 Å². The second-order valence-corrected chi connectivity index (χ2v) is 4.46. The summed E-state index contributed by atoms with van der Waals surface area (Å²) in [7, 11) is 0. The Morgan fingerprint density at radius 1 is 1.29 bits per heavy atom. The minimum Gasteiger partial charge on any atom is -0.544 e. The first-order chi connectivity index (χ1) is 6.68. The van der Waals surface area contributed by atoms with Crippen molar-refractivity contribution in [2.24, 2.45) is 0 Å². The maximum absolute atomic E-state index is 10.7. The number of hydrogen-bond acceptors (Lipinski definition) is 2. The lowest BCUT2D eigenvalue weighted by molar-refractivity contribution is -0.927. The highest BCUT2D eigenvalue weighted by Crippen LogP contribution is 2.19. The van der Waals surface area contributed by atoms with Crippen LogP contribution in [0.2, 0.25) is 0 Å². The molecule has 0 bridgehead atoms. The molecule has 0 saturated carbocycles. The molecule has 1 aliphatic rings. The van der Waals surface area contributed by atoms with E-state index in [1.54, 1.807) is 0 Å². The van der Waals surface area contributed by atoms with E-state index in [1.807, 2.05) is 0 Å². The van der Waals surface area contributed by atoms with E-state index < -0.39 is 5.97 Å². The quantitative estimate of drug-likeness (QED) is 0.606. The zero-order valence-corrected chi connectivity index (χ0v) is 9.13. The maximum Gasteiger partial charge on any atom is 0.119 e. The number of unbranched alkanes of at least 4 members (excludes halogenated alkanes) is 1. The van der Waals surface area contributed by atoms with E-state index in [0.29, 0.717) is 0 Å². The van der Waals surface area contributed by atoms with Gasteiger partial charge < -0.3 is 14.4 Å². The Balaban J connectivity index is 2.52. The Kier molecular flexibility index (Phi) is 4.39. The van der Waals surface area contributed by atoms with Gasteiger partial charge in [-0.3, -0.25) is 0 Å². The van der Waals surface area contributed by atoms with Crippen LogP contribution in [0.25, 0.3) is 0 Å². The molecule has 1 saturated heterocycles. The molecule has 1 heterocycles. The minimum atomic E-state index is -0.886. The molecule has 0 aliphatic carbocycles. The van der Waals surface area contributed by atoms with Crippen LogP contribution in [0.15, 0.2) is 0 Å². The second kappa shape index (κ2) is 5.35. The van der Waals surface area contributed by atoms with E-state index in [9.17, 15) is 9.90 Å². The van der Waals surface area contributed by atoms with Crippen LogP contribution >= 0.6 is 0 Å². The van der Waals surface area contributed by atoms with Gasteiger partial charge in [0.15, 0.2) is 0 Å². The molecule has 0 amide bonds. The van der Waals surface area contributed by atoms with E-state index in [2.05, 4.69) is 6.92 Å². The molecule has 1 fully saturated rings. The van der Waals surface area contributed by atoms with Gasteiger partial charge in [0, 0.05) is 0 Å². The standard InChI is InChI=1S/C11H21NO2/c1-2-3-7-12(10-11(13)14)8-5-4-6-9-12/h2-10H2,1H3. The summed E-state index contributed by atoms with van der Waals surface area (Å²) >= 11 is 0. The van der Waals surface area contributed by atoms with Crippen LogP contribution in [0, 0.1) is 0 Å². The lowest BCUT2D eigenvalue weighted by Gasteiger charge is -2.41. The Morgan fingerprint density at radius 3 is 2.43 bits per heavy atom. The number of nitrogens with zero attached hydrogens (tertiary/aromatic N) is 1. The van der Waals surface area contributed by atoms with E-state index in [0.717, 1.165) is 37.0 Å². The number of carbonyl (C=O) groups is 1. The molecule has 3 nitrogen and oxygen atoms in total. The van der Waals surface area contributed by atoms with Crippen LogP contribution in [0.4, 0.5) is 0 Å². The van der Waals surface area contributed by atoms with Crippen LogP contribution in [-0.2, 0) is 4.79 Å². The average molecular weight is 199 g/mol. The normalized spacial score (nSPS) is 20.6. The van der Waals surface area contributed by atoms with Gasteiger partial charge in [-0.25, -0.2) is 0 Å². The smallest absolute Gasteiger partial charge is 0.119 e. The Labute approximate surface area is 86.3 Å². The largest absolute Gasteiger partial charge is 0.544 e. The number of piperidine rings is 1. The van der Waals surface area contributed by atoms with Gasteiger partial charge in [0.1, 0.15) is 6.54 Å². The van der Waals surface area contributed by atoms with E-state index >= 15 is 0 Å². The average Bonchev–Trinajstić information content (AvgIpc) is 2.15. The first-order valence-corrected chi connectivity index (χ1v) is 5.73. The van der Waals surface area contributed by atoms with Crippen molar-refractivity contribution in [2.45, 2.75) is 39.0 Å². The number of carboxylic acid groups (broad SMARTS) is 1. The van der Waals surface area contributed by atoms with Crippen molar-refractivity contribution in [3.63, 3.8) is 0 Å². The van der Waals surface area contributed by atoms with Gasteiger partial charge in [-0.1, -0.05) is 13.3 Å². The van der Waals surface area contributed by atoms with Gasteiger partial charge in [-0.2, -0.15) is 0 Å². The van der Waals surface area contributed by atoms with Gasteiger partial charge in [0.05, 0.1) is 25.6 Å². The predicted molar refractivity (Wildman–Crippen MR) is 53.5 cm³/mol. The van der Waals surface area contributed by atoms with Crippen molar-refractivity contribution in [2.75, 3.05) is 26.2 Å². The molecular weight excluding hydrogens is 178 g/mol. The molecule has 14 heavy (non-hydrogen) atoms. The molecule has 1 rings (SSSR count). The minimum absolute atomic E-state index is 0.222.